The second-order valence-corrected chi connectivity index (χ2v) is 6.44. The first kappa shape index (κ1) is 16.5. The zero-order valence-corrected chi connectivity index (χ0v) is 13.7. The zero-order chi connectivity index (χ0) is 16.1. The van der Waals surface area contributed by atoms with E-state index < -0.39 is 0 Å². The van der Waals surface area contributed by atoms with Crippen molar-refractivity contribution in [2.24, 2.45) is 11.8 Å². The van der Waals surface area contributed by atoms with Crippen molar-refractivity contribution in [1.29, 1.82) is 0 Å². The summed E-state index contributed by atoms with van der Waals surface area (Å²) in [5.41, 5.74) is 0.923. The molecule has 0 spiro atoms. The van der Waals surface area contributed by atoms with Crippen molar-refractivity contribution in [1.82, 2.24) is 5.32 Å². The maximum Gasteiger partial charge on any atom is 0.229 e. The number of rotatable bonds is 4. The van der Waals surface area contributed by atoms with Gasteiger partial charge in [0, 0.05) is 30.6 Å². The van der Waals surface area contributed by atoms with Crippen LogP contribution in [0.2, 0.25) is 0 Å². The van der Waals surface area contributed by atoms with Crippen molar-refractivity contribution in [3.63, 3.8) is 0 Å². The fraction of sp³-hybridized carbons (Fsp3) is 0.556. The molecule has 1 N–H and O–H groups in total. The van der Waals surface area contributed by atoms with Gasteiger partial charge in [-0.1, -0.05) is 18.2 Å². The molecule has 4 heteroatoms. The lowest BCUT2D eigenvalue weighted by atomic mass is 9.81. The van der Waals surface area contributed by atoms with Gasteiger partial charge in [-0.05, 0) is 51.7 Å². The Morgan fingerprint density at radius 3 is 2.14 bits per heavy atom. The number of hydrogen-bond donors (Lipinski definition) is 1. The number of carbonyl (C=O) groups excluding carboxylic acids is 2. The summed E-state index contributed by atoms with van der Waals surface area (Å²) in [6.07, 6.45) is 3.20. The molecule has 1 aromatic rings. The first-order chi connectivity index (χ1) is 10.5. The average Bonchev–Trinajstić information content (AvgIpc) is 2.54. The molecule has 1 aliphatic carbocycles. The maximum atomic E-state index is 12.6. The lowest BCUT2D eigenvalue weighted by molar-refractivity contribution is -0.129. The Bertz CT molecular complexity index is 505. The van der Waals surface area contributed by atoms with Gasteiger partial charge in [-0.2, -0.15) is 0 Å². The lowest BCUT2D eigenvalue weighted by Crippen LogP contribution is -2.40. The summed E-state index contributed by atoms with van der Waals surface area (Å²) in [5, 5.41) is 2.97. The van der Waals surface area contributed by atoms with Crippen LogP contribution in [0.5, 0.6) is 0 Å². The quantitative estimate of drug-likeness (QED) is 0.929. The number of benzene rings is 1. The molecule has 0 saturated heterocycles. The van der Waals surface area contributed by atoms with E-state index >= 15 is 0 Å². The molecule has 1 aliphatic rings. The number of amides is 2. The molecule has 120 valence electrons. The van der Waals surface area contributed by atoms with Gasteiger partial charge in [-0.25, -0.2) is 0 Å². The predicted octanol–water partition coefficient (Wildman–Crippen LogP) is 2.98. The summed E-state index contributed by atoms with van der Waals surface area (Å²) in [7, 11) is 1.83. The van der Waals surface area contributed by atoms with E-state index in [2.05, 4.69) is 5.32 Å². The minimum absolute atomic E-state index is 0.0355. The summed E-state index contributed by atoms with van der Waals surface area (Å²) in [6.45, 7) is 3.95. The van der Waals surface area contributed by atoms with Gasteiger partial charge < -0.3 is 10.2 Å². The van der Waals surface area contributed by atoms with Crippen LogP contribution >= 0.6 is 0 Å². The molecule has 4 nitrogen and oxygen atoms in total. The normalized spacial score (nSPS) is 21.5. The highest BCUT2D eigenvalue weighted by atomic mass is 16.2. The second-order valence-electron chi connectivity index (χ2n) is 6.44. The van der Waals surface area contributed by atoms with E-state index in [0.717, 1.165) is 31.4 Å². The van der Waals surface area contributed by atoms with Crippen LogP contribution in [0, 0.1) is 11.8 Å². The molecule has 0 unspecified atom stereocenters. The topological polar surface area (TPSA) is 49.4 Å². The van der Waals surface area contributed by atoms with Crippen molar-refractivity contribution >= 4 is 17.5 Å². The van der Waals surface area contributed by atoms with Crippen molar-refractivity contribution in [2.45, 2.75) is 45.6 Å². The maximum absolute atomic E-state index is 12.6. The van der Waals surface area contributed by atoms with Gasteiger partial charge in [-0.3, -0.25) is 9.59 Å². The zero-order valence-electron chi connectivity index (χ0n) is 13.7. The van der Waals surface area contributed by atoms with E-state index in [-0.39, 0.29) is 29.7 Å². The van der Waals surface area contributed by atoms with E-state index in [0.29, 0.717) is 0 Å². The molecular weight excluding hydrogens is 276 g/mol. The molecule has 0 radical (unpaired) electrons. The molecule has 0 heterocycles. The van der Waals surface area contributed by atoms with E-state index in [1.165, 1.54) is 0 Å². The van der Waals surface area contributed by atoms with Crippen molar-refractivity contribution in [3.8, 4) is 0 Å². The molecule has 22 heavy (non-hydrogen) atoms. The highest BCUT2D eigenvalue weighted by molar-refractivity contribution is 5.94. The third-order valence-electron chi connectivity index (χ3n) is 4.35. The van der Waals surface area contributed by atoms with Crippen LogP contribution in [0.25, 0.3) is 0 Å². The van der Waals surface area contributed by atoms with Crippen molar-refractivity contribution in [2.75, 3.05) is 11.9 Å². The highest BCUT2D eigenvalue weighted by Crippen LogP contribution is 2.31. The van der Waals surface area contributed by atoms with Gasteiger partial charge in [0.05, 0.1) is 0 Å². The van der Waals surface area contributed by atoms with Crippen LogP contribution < -0.4 is 10.2 Å². The molecule has 0 atom stereocenters. The molecule has 0 aliphatic heterocycles. The molecule has 0 aromatic heterocycles. The summed E-state index contributed by atoms with van der Waals surface area (Å²) < 4.78 is 0. The van der Waals surface area contributed by atoms with Crippen LogP contribution in [-0.2, 0) is 9.59 Å². The van der Waals surface area contributed by atoms with E-state index in [4.69, 9.17) is 0 Å². The molecule has 0 bridgehead atoms. The third-order valence-corrected chi connectivity index (χ3v) is 4.35. The van der Waals surface area contributed by atoms with Gasteiger partial charge in [-0.15, -0.1) is 0 Å². The minimum atomic E-state index is 0.0355. The Hall–Kier alpha value is -1.84. The van der Waals surface area contributed by atoms with Gasteiger partial charge in [0.25, 0.3) is 0 Å². The van der Waals surface area contributed by atoms with Crippen molar-refractivity contribution < 1.29 is 9.59 Å². The first-order valence-electron chi connectivity index (χ1n) is 8.12. The molecule has 2 rings (SSSR count). The molecule has 1 aromatic carbocycles. The number of anilines is 1. The van der Waals surface area contributed by atoms with Gasteiger partial charge in [0.15, 0.2) is 0 Å². The van der Waals surface area contributed by atoms with Crippen LogP contribution in [0.4, 0.5) is 5.69 Å². The van der Waals surface area contributed by atoms with Gasteiger partial charge in [0.2, 0.25) is 11.8 Å². The lowest BCUT2D eigenvalue weighted by Gasteiger charge is -2.30. The standard InChI is InChI=1S/C18H26N2O2/c1-13(2)19-17(21)14-9-11-15(12-10-14)18(22)20(3)16-7-5-4-6-8-16/h4-8,13-15H,9-12H2,1-3H3,(H,19,21). The Kier molecular flexibility index (Phi) is 5.58. The van der Waals surface area contributed by atoms with Crippen LogP contribution in [0.1, 0.15) is 39.5 Å². The number of carbonyl (C=O) groups is 2. The Morgan fingerprint density at radius 1 is 1.05 bits per heavy atom. The summed E-state index contributed by atoms with van der Waals surface area (Å²) >= 11 is 0. The fourth-order valence-electron chi connectivity index (χ4n) is 3.06. The number of nitrogens with zero attached hydrogens (tertiary/aromatic N) is 1. The smallest absolute Gasteiger partial charge is 0.229 e. The molecule has 2 amide bonds. The van der Waals surface area contributed by atoms with Crippen LogP contribution in [-0.4, -0.2) is 24.9 Å². The molecule has 1 fully saturated rings. The van der Waals surface area contributed by atoms with E-state index in [1.807, 2.05) is 51.2 Å². The highest BCUT2D eigenvalue weighted by Gasteiger charge is 2.31. The third kappa shape index (κ3) is 4.09. The monoisotopic (exact) mass is 302 g/mol. The largest absolute Gasteiger partial charge is 0.354 e. The van der Waals surface area contributed by atoms with E-state index in [1.54, 1.807) is 4.90 Å². The Balaban J connectivity index is 1.88. The first-order valence-corrected chi connectivity index (χ1v) is 8.12. The van der Waals surface area contributed by atoms with Crippen LogP contribution in [0.15, 0.2) is 30.3 Å². The number of hydrogen-bond acceptors (Lipinski definition) is 2. The average molecular weight is 302 g/mol. The van der Waals surface area contributed by atoms with Crippen LogP contribution in [0.3, 0.4) is 0 Å². The van der Waals surface area contributed by atoms with Gasteiger partial charge in [0.1, 0.15) is 0 Å². The Labute approximate surface area is 132 Å². The Morgan fingerprint density at radius 2 is 1.59 bits per heavy atom. The summed E-state index contributed by atoms with van der Waals surface area (Å²) in [4.78, 5) is 26.3. The molecule has 1 saturated carbocycles. The molecular formula is C18H26N2O2. The summed E-state index contributed by atoms with van der Waals surface area (Å²) in [5.74, 6) is 0.396. The number of para-hydroxylation sites is 1. The van der Waals surface area contributed by atoms with E-state index in [9.17, 15) is 9.59 Å². The number of nitrogens with one attached hydrogen (secondary N) is 1. The summed E-state index contributed by atoms with van der Waals surface area (Å²) in [6, 6.07) is 9.88. The minimum Gasteiger partial charge on any atom is -0.354 e. The van der Waals surface area contributed by atoms with Gasteiger partial charge >= 0.3 is 0 Å². The SMILES string of the molecule is CC(C)NC(=O)C1CCC(C(=O)N(C)c2ccccc2)CC1. The van der Waals surface area contributed by atoms with Crippen molar-refractivity contribution in [3.05, 3.63) is 30.3 Å². The predicted molar refractivity (Wildman–Crippen MR) is 88.6 cm³/mol. The fourth-order valence-corrected chi connectivity index (χ4v) is 3.06. The second kappa shape index (κ2) is 7.43.